The number of benzene rings is 1. The van der Waals surface area contributed by atoms with E-state index in [2.05, 4.69) is 52.1 Å². The maximum Gasteiger partial charge on any atom is 0.409 e. The molecule has 1 aliphatic rings. The lowest BCUT2D eigenvalue weighted by Crippen LogP contribution is -2.41. The number of aromatic nitrogens is 3. The number of nitrogens with zero attached hydrogens (tertiary/aromatic N) is 3. The molecule has 0 N–H and O–H groups in total. The molecule has 0 bridgehead atoms. The lowest BCUT2D eigenvalue weighted by Gasteiger charge is -1.95. The van der Waals surface area contributed by atoms with Gasteiger partial charge in [-0.1, -0.05) is 30.3 Å². The minimum Gasteiger partial charge on any atom is -0.297 e. The van der Waals surface area contributed by atoms with Crippen molar-refractivity contribution in [2.75, 3.05) is 0 Å². The van der Waals surface area contributed by atoms with Crippen molar-refractivity contribution in [3.05, 3.63) is 66.6 Å². The third kappa shape index (κ3) is 1.53. The van der Waals surface area contributed by atoms with Gasteiger partial charge < -0.3 is 0 Å². The van der Waals surface area contributed by atoms with Crippen LogP contribution >= 0.6 is 0 Å². The molecule has 1 aromatic carbocycles. The summed E-state index contributed by atoms with van der Waals surface area (Å²) in [6.07, 6.45) is 6.16. The van der Waals surface area contributed by atoms with E-state index in [1.54, 1.807) is 4.48 Å². The minimum atomic E-state index is 0.861. The molecular weight excluding hydrogens is 233 g/mol. The van der Waals surface area contributed by atoms with Crippen LogP contribution in [0.2, 0.25) is 0 Å². The molecule has 3 nitrogen and oxygen atoms in total. The summed E-state index contributed by atoms with van der Waals surface area (Å²) in [5.74, 6) is 1.03. The summed E-state index contributed by atoms with van der Waals surface area (Å²) in [6, 6.07) is 14.5. The second-order valence-corrected chi connectivity index (χ2v) is 4.79. The number of hydrogen-bond donors (Lipinski definition) is 0. The molecule has 0 atom stereocenters. The van der Waals surface area contributed by atoms with Gasteiger partial charge in [-0.05, 0) is 22.4 Å². The molecule has 0 aliphatic carbocycles. The molecule has 19 heavy (non-hydrogen) atoms. The second-order valence-electron chi connectivity index (χ2n) is 4.79. The quantitative estimate of drug-likeness (QED) is 0.350. The van der Waals surface area contributed by atoms with Crippen molar-refractivity contribution < 1.29 is 9.16 Å². The SMILES string of the molecule is [B][n+]1cccc2c1-n1cc(-c3ccccc3)c[n+]1C2. The fourth-order valence-corrected chi connectivity index (χ4v) is 2.67. The summed E-state index contributed by atoms with van der Waals surface area (Å²) in [5.41, 5.74) is 3.66. The van der Waals surface area contributed by atoms with Crippen LogP contribution in [0.1, 0.15) is 5.56 Å². The van der Waals surface area contributed by atoms with Crippen LogP contribution in [0.3, 0.4) is 0 Å². The molecule has 3 heterocycles. The van der Waals surface area contributed by atoms with E-state index in [-0.39, 0.29) is 0 Å². The highest BCUT2D eigenvalue weighted by atomic mass is 15.4. The molecule has 0 fully saturated rings. The monoisotopic (exact) mass is 245 g/mol. The van der Waals surface area contributed by atoms with Crippen molar-refractivity contribution in [2.45, 2.75) is 6.54 Å². The molecule has 4 rings (SSSR count). The van der Waals surface area contributed by atoms with E-state index in [4.69, 9.17) is 7.98 Å². The molecule has 0 saturated carbocycles. The standard InChI is InChI=1S/C15H12BN3/c16-18-8-4-7-13-9-17-10-14(11-19(17)15(13)18)12-5-2-1-3-6-12/h1-8,10-11H,9H2/q+2. The van der Waals surface area contributed by atoms with Crippen LogP contribution in [-0.2, 0) is 6.54 Å². The molecule has 3 aromatic rings. The third-order valence-corrected chi connectivity index (χ3v) is 3.56. The Kier molecular flexibility index (Phi) is 2.12. The van der Waals surface area contributed by atoms with Gasteiger partial charge in [-0.3, -0.25) is 4.48 Å². The third-order valence-electron chi connectivity index (χ3n) is 3.56. The van der Waals surface area contributed by atoms with E-state index in [0.717, 1.165) is 12.4 Å². The Labute approximate surface area is 112 Å². The van der Waals surface area contributed by atoms with Crippen molar-refractivity contribution in [3.8, 4) is 16.9 Å². The summed E-state index contributed by atoms with van der Waals surface area (Å²) < 4.78 is 5.96. The molecule has 1 aliphatic heterocycles. The maximum atomic E-state index is 6.02. The van der Waals surface area contributed by atoms with Crippen LogP contribution in [-0.4, -0.2) is 12.7 Å². The Hall–Kier alpha value is -2.36. The summed E-state index contributed by atoms with van der Waals surface area (Å²) in [6.45, 7) is 0.861. The molecule has 0 spiro atoms. The highest BCUT2D eigenvalue weighted by molar-refractivity contribution is 5.95. The maximum absolute atomic E-state index is 6.02. The highest BCUT2D eigenvalue weighted by Gasteiger charge is 2.35. The fraction of sp³-hybridized carbons (Fsp3) is 0.0667. The van der Waals surface area contributed by atoms with Crippen molar-refractivity contribution in [1.29, 1.82) is 0 Å². The van der Waals surface area contributed by atoms with Crippen LogP contribution in [0.25, 0.3) is 16.9 Å². The van der Waals surface area contributed by atoms with Crippen LogP contribution in [0, 0.1) is 0 Å². The van der Waals surface area contributed by atoms with Gasteiger partial charge >= 0.3 is 13.8 Å². The first-order chi connectivity index (χ1) is 9.33. The zero-order chi connectivity index (χ0) is 12.8. The van der Waals surface area contributed by atoms with E-state index in [0.29, 0.717) is 0 Å². The Balaban J connectivity index is 1.89. The molecular formula is C15H12BN3+2. The lowest BCUT2D eigenvalue weighted by atomic mass is 10.1. The van der Waals surface area contributed by atoms with Crippen LogP contribution < -0.4 is 9.16 Å². The van der Waals surface area contributed by atoms with E-state index in [1.165, 1.54) is 16.7 Å². The number of rotatable bonds is 1. The van der Waals surface area contributed by atoms with Gasteiger partial charge in [-0.25, -0.2) is 0 Å². The van der Waals surface area contributed by atoms with Gasteiger partial charge in [0, 0.05) is 4.68 Å². The van der Waals surface area contributed by atoms with Gasteiger partial charge in [0.2, 0.25) is 12.7 Å². The average molecular weight is 245 g/mol. The van der Waals surface area contributed by atoms with Gasteiger partial charge in [0.05, 0.1) is 11.8 Å². The van der Waals surface area contributed by atoms with Crippen molar-refractivity contribution in [2.24, 2.45) is 0 Å². The topological polar surface area (TPSA) is 12.7 Å². The summed E-state index contributed by atoms with van der Waals surface area (Å²) >= 11 is 0. The Morgan fingerprint density at radius 1 is 1.00 bits per heavy atom. The van der Waals surface area contributed by atoms with E-state index < -0.39 is 0 Å². The van der Waals surface area contributed by atoms with Crippen LogP contribution in [0.15, 0.2) is 61.1 Å². The van der Waals surface area contributed by atoms with Crippen molar-refractivity contribution in [1.82, 2.24) is 4.68 Å². The molecule has 2 radical (unpaired) electrons. The first-order valence-corrected chi connectivity index (χ1v) is 6.29. The summed E-state index contributed by atoms with van der Waals surface area (Å²) in [4.78, 5) is 0. The smallest absolute Gasteiger partial charge is 0.297 e. The van der Waals surface area contributed by atoms with Gasteiger partial charge in [-0.15, -0.1) is 0 Å². The second kappa shape index (κ2) is 3.82. The van der Waals surface area contributed by atoms with Gasteiger partial charge in [0.1, 0.15) is 5.56 Å². The average Bonchev–Trinajstić information content (AvgIpc) is 2.97. The minimum absolute atomic E-state index is 0.861. The Bertz CT molecular complexity index is 762. The van der Waals surface area contributed by atoms with Crippen molar-refractivity contribution >= 4 is 7.98 Å². The van der Waals surface area contributed by atoms with Gasteiger partial charge in [0.25, 0.3) is 0 Å². The molecule has 88 valence electrons. The van der Waals surface area contributed by atoms with Crippen LogP contribution in [0.4, 0.5) is 0 Å². The van der Waals surface area contributed by atoms with E-state index in [9.17, 15) is 0 Å². The summed E-state index contributed by atoms with van der Waals surface area (Å²) in [5, 5.41) is 0. The predicted octanol–water partition coefficient (Wildman–Crippen LogP) is 1.01. The molecule has 0 saturated heterocycles. The zero-order valence-corrected chi connectivity index (χ0v) is 10.4. The molecule has 2 aromatic heterocycles. The zero-order valence-electron chi connectivity index (χ0n) is 10.4. The summed E-state index contributed by atoms with van der Waals surface area (Å²) in [7, 11) is 6.02. The lowest BCUT2D eigenvalue weighted by molar-refractivity contribution is -0.756. The van der Waals surface area contributed by atoms with Crippen LogP contribution in [0.5, 0.6) is 0 Å². The van der Waals surface area contributed by atoms with Gasteiger partial charge in [-0.2, -0.15) is 0 Å². The molecule has 0 amide bonds. The largest absolute Gasteiger partial charge is 0.409 e. The van der Waals surface area contributed by atoms with E-state index in [1.807, 2.05) is 18.3 Å². The number of fused-ring (bicyclic) bond motifs is 3. The number of pyridine rings is 1. The highest BCUT2D eigenvalue weighted by Crippen LogP contribution is 2.21. The predicted molar refractivity (Wildman–Crippen MR) is 71.8 cm³/mol. The molecule has 0 unspecified atom stereocenters. The number of hydrogen-bond acceptors (Lipinski definition) is 0. The van der Waals surface area contributed by atoms with Crippen molar-refractivity contribution in [3.63, 3.8) is 0 Å². The first-order valence-electron chi connectivity index (χ1n) is 6.29. The van der Waals surface area contributed by atoms with Gasteiger partial charge in [0.15, 0.2) is 6.20 Å². The fourth-order valence-electron chi connectivity index (χ4n) is 2.67. The normalized spacial score (nSPS) is 12.2. The van der Waals surface area contributed by atoms with E-state index >= 15 is 0 Å². The first kappa shape index (κ1) is 10.6. The Morgan fingerprint density at radius 3 is 2.68 bits per heavy atom. The Morgan fingerprint density at radius 2 is 1.84 bits per heavy atom. The molecule has 4 heteroatoms.